The van der Waals surface area contributed by atoms with E-state index in [0.717, 1.165) is 29.1 Å². The average Bonchev–Trinajstić information content (AvgIpc) is 3.05. The molecule has 7 heteroatoms. The predicted octanol–water partition coefficient (Wildman–Crippen LogP) is 3.23. The van der Waals surface area contributed by atoms with Gasteiger partial charge >= 0.3 is 5.97 Å². The first-order valence-corrected chi connectivity index (χ1v) is 10.1. The molecule has 2 heterocycles. The van der Waals surface area contributed by atoms with E-state index >= 15 is 0 Å². The lowest BCUT2D eigenvalue weighted by Crippen LogP contribution is -2.26. The van der Waals surface area contributed by atoms with Crippen LogP contribution in [0, 0.1) is 6.92 Å². The van der Waals surface area contributed by atoms with Gasteiger partial charge in [0.1, 0.15) is 5.25 Å². The summed E-state index contributed by atoms with van der Waals surface area (Å²) in [5.41, 5.74) is 2.65. The molecule has 0 saturated heterocycles. The van der Waals surface area contributed by atoms with E-state index in [0.29, 0.717) is 16.7 Å². The van der Waals surface area contributed by atoms with E-state index in [2.05, 4.69) is 0 Å². The molecule has 5 nitrogen and oxygen atoms in total. The summed E-state index contributed by atoms with van der Waals surface area (Å²) < 4.78 is 6.69. The molecule has 132 valence electrons. The molecule has 0 N–H and O–H groups in total. The van der Waals surface area contributed by atoms with Crippen molar-refractivity contribution >= 4 is 29.5 Å². The van der Waals surface area contributed by atoms with Crippen LogP contribution in [0.5, 0.6) is 0 Å². The van der Waals surface area contributed by atoms with Crippen molar-refractivity contribution in [1.29, 1.82) is 0 Å². The van der Waals surface area contributed by atoms with Gasteiger partial charge in [-0.15, -0.1) is 11.8 Å². The highest BCUT2D eigenvalue weighted by Crippen LogP contribution is 2.31. The lowest BCUT2D eigenvalue weighted by molar-refractivity contribution is -0.142. The third-order valence-electron chi connectivity index (χ3n) is 3.86. The zero-order valence-corrected chi connectivity index (χ0v) is 16.1. The topological polar surface area (TPSA) is 61.2 Å². The standard InChI is InChI=1S/C18H20N2O3S2/c1-4-23-17(22)12(3)25-18-19-14-9-10-24-15(14)16(21)20(18)13-7-5-11(2)6-8-13/h5-8,12H,4,9-10H2,1-3H3/t12-/m1/s1. The van der Waals surface area contributed by atoms with Gasteiger partial charge in [0.15, 0.2) is 5.16 Å². The molecule has 0 unspecified atom stereocenters. The van der Waals surface area contributed by atoms with Gasteiger partial charge in [-0.05, 0) is 32.9 Å². The highest BCUT2D eigenvalue weighted by Gasteiger charge is 2.25. The molecule has 1 aliphatic rings. The van der Waals surface area contributed by atoms with E-state index in [1.165, 1.54) is 11.8 Å². The summed E-state index contributed by atoms with van der Waals surface area (Å²) in [4.78, 5) is 30.4. The second-order valence-corrected chi connectivity index (χ2v) is 8.17. The number of fused-ring (bicyclic) bond motifs is 1. The van der Waals surface area contributed by atoms with Crippen molar-refractivity contribution in [2.45, 2.75) is 42.5 Å². The number of aromatic nitrogens is 2. The molecule has 1 atom stereocenters. The Labute approximate surface area is 155 Å². The van der Waals surface area contributed by atoms with Crippen LogP contribution in [-0.4, -0.2) is 33.1 Å². The van der Waals surface area contributed by atoms with Gasteiger partial charge in [0.25, 0.3) is 5.56 Å². The first-order chi connectivity index (χ1) is 12.0. The molecular formula is C18H20N2O3S2. The first-order valence-electron chi connectivity index (χ1n) is 8.20. The Bertz CT molecular complexity index is 847. The van der Waals surface area contributed by atoms with Crippen molar-refractivity contribution in [2.75, 3.05) is 12.4 Å². The van der Waals surface area contributed by atoms with Crippen molar-refractivity contribution in [3.8, 4) is 5.69 Å². The van der Waals surface area contributed by atoms with Crippen molar-refractivity contribution in [1.82, 2.24) is 9.55 Å². The van der Waals surface area contributed by atoms with Gasteiger partial charge in [0, 0.05) is 12.2 Å². The molecular weight excluding hydrogens is 356 g/mol. The molecule has 0 saturated carbocycles. The Morgan fingerprint density at radius 1 is 1.40 bits per heavy atom. The van der Waals surface area contributed by atoms with Crippen LogP contribution in [0.4, 0.5) is 0 Å². The smallest absolute Gasteiger partial charge is 0.319 e. The summed E-state index contributed by atoms with van der Waals surface area (Å²) in [5, 5.41) is 0.103. The molecule has 0 radical (unpaired) electrons. The number of hydrogen-bond acceptors (Lipinski definition) is 6. The van der Waals surface area contributed by atoms with Crippen LogP contribution in [0.1, 0.15) is 25.1 Å². The third kappa shape index (κ3) is 3.77. The number of carbonyl (C=O) groups excluding carboxylic acids is 1. The maximum Gasteiger partial charge on any atom is 0.319 e. The molecule has 1 aromatic heterocycles. The van der Waals surface area contributed by atoms with Crippen LogP contribution in [0.25, 0.3) is 5.69 Å². The van der Waals surface area contributed by atoms with Crippen LogP contribution in [0.3, 0.4) is 0 Å². The minimum absolute atomic E-state index is 0.0603. The SMILES string of the molecule is CCOC(=O)[C@@H](C)Sc1nc2c(c(=O)n1-c1ccc(C)cc1)SCC2. The van der Waals surface area contributed by atoms with E-state index in [1.807, 2.05) is 31.2 Å². The van der Waals surface area contributed by atoms with Gasteiger partial charge in [-0.3, -0.25) is 14.2 Å². The molecule has 1 aromatic carbocycles. The molecule has 3 rings (SSSR count). The van der Waals surface area contributed by atoms with Gasteiger partial charge in [0.05, 0.1) is 22.9 Å². The summed E-state index contributed by atoms with van der Waals surface area (Å²) in [6.45, 7) is 5.89. The van der Waals surface area contributed by atoms with Gasteiger partial charge in [0.2, 0.25) is 0 Å². The fraction of sp³-hybridized carbons (Fsp3) is 0.389. The number of rotatable bonds is 5. The number of hydrogen-bond donors (Lipinski definition) is 0. The molecule has 0 aliphatic carbocycles. The second-order valence-electron chi connectivity index (χ2n) is 5.76. The number of carbonyl (C=O) groups is 1. The predicted molar refractivity (Wildman–Crippen MR) is 101 cm³/mol. The summed E-state index contributed by atoms with van der Waals surface area (Å²) in [6, 6.07) is 7.74. The fourth-order valence-electron chi connectivity index (χ4n) is 2.56. The van der Waals surface area contributed by atoms with E-state index in [-0.39, 0.29) is 11.5 Å². The first kappa shape index (κ1) is 18.1. The summed E-state index contributed by atoms with van der Waals surface area (Å²) in [5.74, 6) is 0.569. The number of nitrogens with zero attached hydrogens (tertiary/aromatic N) is 2. The molecule has 25 heavy (non-hydrogen) atoms. The van der Waals surface area contributed by atoms with Crippen molar-refractivity contribution < 1.29 is 9.53 Å². The van der Waals surface area contributed by atoms with Crippen LogP contribution in [-0.2, 0) is 16.0 Å². The molecule has 0 spiro atoms. The Balaban J connectivity index is 2.07. The lowest BCUT2D eigenvalue weighted by Gasteiger charge is -2.16. The lowest BCUT2D eigenvalue weighted by atomic mass is 10.2. The Morgan fingerprint density at radius 3 is 2.80 bits per heavy atom. The average molecular weight is 377 g/mol. The van der Waals surface area contributed by atoms with E-state index in [9.17, 15) is 9.59 Å². The van der Waals surface area contributed by atoms with Crippen LogP contribution in [0.15, 0.2) is 39.1 Å². The number of esters is 1. The molecule has 0 amide bonds. The van der Waals surface area contributed by atoms with Crippen molar-refractivity contribution in [3.63, 3.8) is 0 Å². The molecule has 1 aliphatic heterocycles. The van der Waals surface area contributed by atoms with Crippen LogP contribution >= 0.6 is 23.5 Å². The highest BCUT2D eigenvalue weighted by molar-refractivity contribution is 8.00. The van der Waals surface area contributed by atoms with Gasteiger partial charge in [-0.1, -0.05) is 29.5 Å². The van der Waals surface area contributed by atoms with E-state index < -0.39 is 5.25 Å². The molecule has 0 bridgehead atoms. The number of aryl methyl sites for hydroxylation is 2. The summed E-state index contributed by atoms with van der Waals surface area (Å²) >= 11 is 2.82. The van der Waals surface area contributed by atoms with E-state index in [4.69, 9.17) is 9.72 Å². The number of ether oxygens (including phenoxy) is 1. The monoisotopic (exact) mass is 376 g/mol. The Morgan fingerprint density at radius 2 is 2.12 bits per heavy atom. The van der Waals surface area contributed by atoms with Crippen LogP contribution in [0.2, 0.25) is 0 Å². The van der Waals surface area contributed by atoms with E-state index in [1.54, 1.807) is 30.2 Å². The van der Waals surface area contributed by atoms with Gasteiger partial charge in [-0.2, -0.15) is 0 Å². The highest BCUT2D eigenvalue weighted by atomic mass is 32.2. The molecule has 2 aromatic rings. The summed E-state index contributed by atoms with van der Waals surface area (Å²) in [7, 11) is 0. The fourth-order valence-corrected chi connectivity index (χ4v) is 4.52. The van der Waals surface area contributed by atoms with Crippen molar-refractivity contribution in [2.24, 2.45) is 0 Å². The minimum atomic E-state index is -0.435. The normalized spacial score (nSPS) is 14.2. The van der Waals surface area contributed by atoms with Crippen molar-refractivity contribution in [3.05, 3.63) is 45.9 Å². The van der Waals surface area contributed by atoms with Gasteiger partial charge in [-0.25, -0.2) is 4.98 Å². The van der Waals surface area contributed by atoms with Gasteiger partial charge < -0.3 is 4.74 Å². The second kappa shape index (κ2) is 7.66. The quantitative estimate of drug-likeness (QED) is 0.454. The third-order valence-corrected chi connectivity index (χ3v) is 6.00. The Hall–Kier alpha value is -1.73. The maximum absolute atomic E-state index is 13.0. The largest absolute Gasteiger partial charge is 0.465 e. The Kier molecular flexibility index (Phi) is 5.54. The molecule has 0 fully saturated rings. The zero-order chi connectivity index (χ0) is 18.0. The maximum atomic E-state index is 13.0. The summed E-state index contributed by atoms with van der Waals surface area (Å²) in [6.07, 6.45) is 0.783. The van der Waals surface area contributed by atoms with Crippen LogP contribution < -0.4 is 5.56 Å². The zero-order valence-electron chi connectivity index (χ0n) is 14.4. The number of thioether (sulfide) groups is 2. The number of benzene rings is 1. The minimum Gasteiger partial charge on any atom is -0.465 e.